The van der Waals surface area contributed by atoms with Gasteiger partial charge in [0, 0.05) is 5.56 Å². The van der Waals surface area contributed by atoms with E-state index in [4.69, 9.17) is 5.11 Å². The van der Waals surface area contributed by atoms with Crippen molar-refractivity contribution in [3.63, 3.8) is 0 Å². The van der Waals surface area contributed by atoms with E-state index in [9.17, 15) is 4.79 Å². The maximum Gasteiger partial charge on any atom is 0.325 e. The smallest absolute Gasteiger partial charge is 0.325 e. The van der Waals surface area contributed by atoms with Gasteiger partial charge in [0.25, 0.3) is 0 Å². The van der Waals surface area contributed by atoms with Gasteiger partial charge in [-0.3, -0.25) is 4.79 Å². The lowest BCUT2D eigenvalue weighted by Crippen LogP contribution is -2.11. The SMILES string of the molecule is Cc1cccc(-c2nsc(-c3c(Br)c(C)nn3CC(=O)O)n2)c1. The van der Waals surface area contributed by atoms with Crippen molar-refractivity contribution < 1.29 is 9.90 Å². The first kappa shape index (κ1) is 15.8. The number of hydrogen-bond acceptors (Lipinski definition) is 5. The Morgan fingerprint density at radius 3 is 2.87 bits per heavy atom. The second-order valence-electron chi connectivity index (χ2n) is 5.09. The number of aryl methyl sites for hydroxylation is 2. The number of carboxylic acids is 1. The number of carboxylic acid groups (broad SMARTS) is 1. The van der Waals surface area contributed by atoms with E-state index in [0.717, 1.165) is 15.6 Å². The standard InChI is InChI=1S/C15H13BrN4O2S/c1-8-4-3-5-10(6-8)14-17-15(23-19-14)13-12(16)9(2)18-20(13)7-11(21)22/h3-6H,7H2,1-2H3,(H,21,22). The number of hydrogen-bond donors (Lipinski definition) is 1. The van der Waals surface area contributed by atoms with Crippen LogP contribution in [0.1, 0.15) is 11.3 Å². The predicted molar refractivity (Wildman–Crippen MR) is 91.4 cm³/mol. The third-order valence-electron chi connectivity index (χ3n) is 3.24. The summed E-state index contributed by atoms with van der Waals surface area (Å²) >= 11 is 4.69. The summed E-state index contributed by atoms with van der Waals surface area (Å²) in [6.07, 6.45) is 0. The summed E-state index contributed by atoms with van der Waals surface area (Å²) < 4.78 is 6.57. The quantitative estimate of drug-likeness (QED) is 0.734. The first-order valence-electron chi connectivity index (χ1n) is 6.81. The minimum Gasteiger partial charge on any atom is -0.480 e. The van der Waals surface area contributed by atoms with Crippen molar-refractivity contribution in [3.8, 4) is 22.1 Å². The van der Waals surface area contributed by atoms with Crippen LogP contribution < -0.4 is 0 Å². The molecule has 0 aliphatic heterocycles. The van der Waals surface area contributed by atoms with Crippen LogP contribution in [-0.4, -0.2) is 30.2 Å². The Morgan fingerprint density at radius 2 is 2.17 bits per heavy atom. The average Bonchev–Trinajstić information content (AvgIpc) is 3.05. The number of carbonyl (C=O) groups is 1. The van der Waals surface area contributed by atoms with Crippen molar-refractivity contribution in [1.82, 2.24) is 19.1 Å². The minimum atomic E-state index is -0.954. The summed E-state index contributed by atoms with van der Waals surface area (Å²) in [5, 5.41) is 13.9. The van der Waals surface area contributed by atoms with Crippen molar-refractivity contribution in [3.05, 3.63) is 40.0 Å². The van der Waals surface area contributed by atoms with Crippen LogP contribution in [0.15, 0.2) is 28.7 Å². The summed E-state index contributed by atoms with van der Waals surface area (Å²) in [4.78, 5) is 15.6. The second kappa shape index (κ2) is 6.21. The van der Waals surface area contributed by atoms with Gasteiger partial charge in [-0.15, -0.1) is 0 Å². The van der Waals surface area contributed by atoms with Crippen LogP contribution in [0.4, 0.5) is 0 Å². The van der Waals surface area contributed by atoms with Crippen LogP contribution in [0.3, 0.4) is 0 Å². The molecular formula is C15H13BrN4O2S. The van der Waals surface area contributed by atoms with Crippen LogP contribution in [0.2, 0.25) is 0 Å². The Bertz CT molecular complexity index is 887. The first-order chi connectivity index (χ1) is 11.0. The van der Waals surface area contributed by atoms with Crippen molar-refractivity contribution in [2.45, 2.75) is 20.4 Å². The van der Waals surface area contributed by atoms with Crippen molar-refractivity contribution in [1.29, 1.82) is 0 Å². The van der Waals surface area contributed by atoms with E-state index in [1.165, 1.54) is 16.2 Å². The molecule has 0 saturated carbocycles. The molecule has 0 bridgehead atoms. The zero-order valence-corrected chi connectivity index (χ0v) is 14.8. The Morgan fingerprint density at radius 1 is 1.39 bits per heavy atom. The molecule has 0 spiro atoms. The molecule has 3 rings (SSSR count). The van der Waals surface area contributed by atoms with Gasteiger partial charge in [-0.25, -0.2) is 9.67 Å². The number of rotatable bonds is 4. The fourth-order valence-electron chi connectivity index (χ4n) is 2.23. The number of aliphatic carboxylic acids is 1. The molecule has 0 aliphatic carbocycles. The van der Waals surface area contributed by atoms with E-state index < -0.39 is 5.97 Å². The van der Waals surface area contributed by atoms with E-state index >= 15 is 0 Å². The number of nitrogens with zero attached hydrogens (tertiary/aromatic N) is 4. The Labute approximate surface area is 145 Å². The molecule has 1 N–H and O–H groups in total. The molecule has 0 fully saturated rings. The molecule has 0 aliphatic rings. The Balaban J connectivity index is 2.05. The largest absolute Gasteiger partial charge is 0.480 e. The van der Waals surface area contributed by atoms with Crippen LogP contribution in [-0.2, 0) is 11.3 Å². The van der Waals surface area contributed by atoms with Gasteiger partial charge in [0.2, 0.25) is 0 Å². The maximum absolute atomic E-state index is 11.0. The van der Waals surface area contributed by atoms with E-state index in [0.29, 0.717) is 22.2 Å². The fourth-order valence-corrected chi connectivity index (χ4v) is 3.57. The molecule has 2 aromatic heterocycles. The van der Waals surface area contributed by atoms with Crippen molar-refractivity contribution in [2.75, 3.05) is 0 Å². The molecule has 118 valence electrons. The van der Waals surface area contributed by atoms with Crippen LogP contribution in [0.25, 0.3) is 22.1 Å². The van der Waals surface area contributed by atoms with Crippen LogP contribution in [0.5, 0.6) is 0 Å². The van der Waals surface area contributed by atoms with E-state index in [1.807, 2.05) is 38.1 Å². The molecule has 0 amide bonds. The van der Waals surface area contributed by atoms with E-state index in [-0.39, 0.29) is 6.54 Å². The van der Waals surface area contributed by atoms with Crippen LogP contribution >= 0.6 is 27.5 Å². The van der Waals surface area contributed by atoms with Crippen molar-refractivity contribution in [2.24, 2.45) is 0 Å². The van der Waals surface area contributed by atoms with E-state index in [2.05, 4.69) is 30.4 Å². The Hall–Kier alpha value is -2.06. The zero-order valence-electron chi connectivity index (χ0n) is 12.4. The molecule has 2 heterocycles. The highest BCUT2D eigenvalue weighted by molar-refractivity contribution is 9.10. The summed E-state index contributed by atoms with van der Waals surface area (Å²) in [6.45, 7) is 3.61. The topological polar surface area (TPSA) is 80.9 Å². The zero-order chi connectivity index (χ0) is 16.6. The molecule has 8 heteroatoms. The highest BCUT2D eigenvalue weighted by Crippen LogP contribution is 2.33. The highest BCUT2D eigenvalue weighted by atomic mass is 79.9. The normalized spacial score (nSPS) is 10.9. The van der Waals surface area contributed by atoms with Crippen molar-refractivity contribution >= 4 is 33.4 Å². The summed E-state index contributed by atoms with van der Waals surface area (Å²) in [6, 6.07) is 7.94. The predicted octanol–water partition coefficient (Wildman–Crippen LogP) is 3.53. The molecule has 0 radical (unpaired) electrons. The molecule has 23 heavy (non-hydrogen) atoms. The minimum absolute atomic E-state index is 0.221. The molecule has 6 nitrogen and oxygen atoms in total. The van der Waals surface area contributed by atoms with E-state index in [1.54, 1.807) is 0 Å². The van der Waals surface area contributed by atoms with Gasteiger partial charge in [-0.2, -0.15) is 9.47 Å². The number of aromatic nitrogens is 4. The molecule has 1 aromatic carbocycles. The van der Waals surface area contributed by atoms with Crippen LogP contribution in [0, 0.1) is 13.8 Å². The molecular weight excluding hydrogens is 380 g/mol. The summed E-state index contributed by atoms with van der Waals surface area (Å²) in [5.41, 5.74) is 3.42. The summed E-state index contributed by atoms with van der Waals surface area (Å²) in [7, 11) is 0. The Kier molecular flexibility index (Phi) is 4.27. The fraction of sp³-hybridized carbons (Fsp3) is 0.200. The lowest BCUT2D eigenvalue weighted by Gasteiger charge is -2.01. The summed E-state index contributed by atoms with van der Waals surface area (Å²) in [5.74, 6) is -0.328. The molecule has 0 unspecified atom stereocenters. The first-order valence-corrected chi connectivity index (χ1v) is 8.38. The second-order valence-corrected chi connectivity index (χ2v) is 6.64. The highest BCUT2D eigenvalue weighted by Gasteiger charge is 2.20. The number of halogens is 1. The van der Waals surface area contributed by atoms with Gasteiger partial charge in [-0.1, -0.05) is 23.8 Å². The van der Waals surface area contributed by atoms with Gasteiger partial charge in [0.05, 0.1) is 10.2 Å². The lowest BCUT2D eigenvalue weighted by atomic mass is 10.1. The van der Waals surface area contributed by atoms with Gasteiger partial charge >= 0.3 is 5.97 Å². The van der Waals surface area contributed by atoms with Gasteiger partial charge in [0.15, 0.2) is 10.8 Å². The molecule has 3 aromatic rings. The average molecular weight is 393 g/mol. The molecule has 0 atom stereocenters. The molecule has 0 saturated heterocycles. The lowest BCUT2D eigenvalue weighted by molar-refractivity contribution is -0.137. The van der Waals surface area contributed by atoms with Gasteiger partial charge < -0.3 is 5.11 Å². The van der Waals surface area contributed by atoms with Gasteiger partial charge in [0.1, 0.15) is 12.2 Å². The monoisotopic (exact) mass is 392 g/mol. The number of benzene rings is 1. The third kappa shape index (κ3) is 3.18. The van der Waals surface area contributed by atoms with Gasteiger partial charge in [-0.05, 0) is 47.4 Å². The third-order valence-corrected chi connectivity index (χ3v) is 4.92. The maximum atomic E-state index is 11.0.